The molecule has 0 atom stereocenters. The number of rotatable bonds is 10. The van der Waals surface area contributed by atoms with E-state index in [0.29, 0.717) is 24.7 Å². The van der Waals surface area contributed by atoms with Crippen LogP contribution in [0.5, 0.6) is 0 Å². The van der Waals surface area contributed by atoms with Gasteiger partial charge in [0.2, 0.25) is 5.65 Å². The number of pyridine rings is 1. The Morgan fingerprint density at radius 3 is 2.62 bits per heavy atom. The Morgan fingerprint density at radius 2 is 1.97 bits per heavy atom. The van der Waals surface area contributed by atoms with Gasteiger partial charge in [-0.1, -0.05) is 33.0 Å². The minimum Gasteiger partial charge on any atom is -0.377 e. The second-order valence-electron chi connectivity index (χ2n) is 11.0. The molecule has 5 rings (SSSR count). The van der Waals surface area contributed by atoms with Crippen LogP contribution in [0.4, 0.5) is 0 Å². The lowest BCUT2D eigenvalue weighted by Gasteiger charge is -2.17. The number of aromatic nitrogens is 5. The van der Waals surface area contributed by atoms with Gasteiger partial charge in [-0.15, -0.1) is 10.2 Å². The zero-order chi connectivity index (χ0) is 22.5. The molecule has 0 aromatic carbocycles. The molecule has 172 valence electrons. The van der Waals surface area contributed by atoms with Crippen molar-refractivity contribution < 1.29 is 4.74 Å². The first-order chi connectivity index (χ1) is 15.3. The summed E-state index contributed by atoms with van der Waals surface area (Å²) in [4.78, 5) is 18.3. The van der Waals surface area contributed by atoms with E-state index in [2.05, 4.69) is 42.8 Å². The number of nitrogens with zero attached hydrogens (tertiary/aromatic N) is 5. The van der Waals surface area contributed by atoms with E-state index in [9.17, 15) is 4.79 Å². The van der Waals surface area contributed by atoms with E-state index in [1.54, 1.807) is 0 Å². The van der Waals surface area contributed by atoms with Crippen molar-refractivity contribution in [1.82, 2.24) is 24.1 Å². The Hall–Kier alpha value is -2.06. The van der Waals surface area contributed by atoms with Crippen LogP contribution in [0.2, 0.25) is 25.7 Å². The highest BCUT2D eigenvalue weighted by Crippen LogP contribution is 2.61. The number of unbranched alkanes of at least 4 members (excludes halogenated alkanes) is 1. The number of fused-ring (bicyclic) bond motifs is 3. The van der Waals surface area contributed by atoms with E-state index in [0.717, 1.165) is 60.9 Å². The Balaban J connectivity index is 1.57. The molecular formula is C24H35N5O2Si. The molecule has 0 unspecified atom stereocenters. The zero-order valence-electron chi connectivity index (χ0n) is 19.9. The number of hydrogen-bond acceptors (Lipinski definition) is 5. The first kappa shape index (κ1) is 21.8. The first-order valence-corrected chi connectivity index (χ1v) is 15.9. The molecule has 2 aliphatic carbocycles. The van der Waals surface area contributed by atoms with Crippen molar-refractivity contribution >= 4 is 24.9 Å². The molecule has 0 amide bonds. The highest BCUT2D eigenvalue weighted by molar-refractivity contribution is 6.76. The Labute approximate surface area is 190 Å². The van der Waals surface area contributed by atoms with Crippen molar-refractivity contribution in [2.45, 2.75) is 89.7 Å². The van der Waals surface area contributed by atoms with Crippen LogP contribution in [0.25, 0.3) is 16.8 Å². The summed E-state index contributed by atoms with van der Waals surface area (Å²) in [5, 5.41) is 8.95. The largest absolute Gasteiger partial charge is 0.377 e. The topological polar surface area (TPSA) is 74.3 Å². The molecule has 2 saturated carbocycles. The molecule has 3 aromatic heterocycles. The quantitative estimate of drug-likeness (QED) is 0.333. The normalized spacial score (nSPS) is 18.0. The molecule has 2 fully saturated rings. The van der Waals surface area contributed by atoms with Gasteiger partial charge in [-0.05, 0) is 55.7 Å². The van der Waals surface area contributed by atoms with Crippen LogP contribution in [0.15, 0.2) is 17.1 Å². The molecule has 3 heterocycles. The number of ether oxygens (including phenoxy) is 1. The smallest absolute Gasteiger partial charge is 0.296 e. The predicted molar refractivity (Wildman–Crippen MR) is 129 cm³/mol. The lowest BCUT2D eigenvalue weighted by atomic mass is 10.00. The van der Waals surface area contributed by atoms with Gasteiger partial charge in [0, 0.05) is 32.8 Å². The van der Waals surface area contributed by atoms with Gasteiger partial charge in [0.1, 0.15) is 5.82 Å². The van der Waals surface area contributed by atoms with E-state index in [4.69, 9.17) is 9.72 Å². The van der Waals surface area contributed by atoms with Crippen molar-refractivity contribution in [3.05, 3.63) is 34.0 Å². The molecule has 3 aromatic rings. The van der Waals surface area contributed by atoms with E-state index < -0.39 is 8.07 Å². The molecule has 8 heteroatoms. The van der Waals surface area contributed by atoms with Crippen molar-refractivity contribution in [2.75, 3.05) is 6.61 Å². The fourth-order valence-electron chi connectivity index (χ4n) is 4.80. The predicted octanol–water partition coefficient (Wildman–Crippen LogP) is 4.54. The average Bonchev–Trinajstić information content (AvgIpc) is 3.67. The van der Waals surface area contributed by atoms with E-state index in [1.165, 1.54) is 12.8 Å². The fraction of sp³-hybridized carbons (Fsp3) is 0.667. The minimum absolute atomic E-state index is 0.0603. The standard InChI is InChI=1S/C24H35N5O2Si/c1-5-6-11-28-19-14-17(16-31-12-13-32(2,3)4)15-25-20(19)29-21(22(28)30)26-27-23(29)24(9-10-24)18-7-8-18/h14-15,18H,5-13,16H2,1-4H3. The molecule has 0 N–H and O–H groups in total. The molecule has 0 saturated heterocycles. The summed E-state index contributed by atoms with van der Waals surface area (Å²) in [6.07, 6.45) is 8.65. The van der Waals surface area contributed by atoms with E-state index in [1.807, 2.05) is 15.2 Å². The van der Waals surface area contributed by atoms with Crippen LogP contribution in [-0.4, -0.2) is 38.8 Å². The van der Waals surface area contributed by atoms with Crippen molar-refractivity contribution in [1.29, 1.82) is 0 Å². The second kappa shape index (κ2) is 8.06. The average molecular weight is 454 g/mol. The maximum absolute atomic E-state index is 13.5. The molecule has 0 spiro atoms. The third-order valence-corrected chi connectivity index (χ3v) is 8.80. The summed E-state index contributed by atoms with van der Waals surface area (Å²) in [6.45, 7) is 11.2. The Kier molecular flexibility index (Phi) is 5.48. The van der Waals surface area contributed by atoms with Crippen LogP contribution < -0.4 is 5.56 Å². The number of hydrogen-bond donors (Lipinski definition) is 0. The third kappa shape index (κ3) is 3.92. The van der Waals surface area contributed by atoms with Crippen molar-refractivity contribution in [2.24, 2.45) is 5.92 Å². The molecular weight excluding hydrogens is 418 g/mol. The highest BCUT2D eigenvalue weighted by Gasteiger charge is 2.58. The molecule has 0 radical (unpaired) electrons. The van der Waals surface area contributed by atoms with Crippen LogP contribution >= 0.6 is 0 Å². The lowest BCUT2D eigenvalue weighted by molar-refractivity contribution is 0.133. The van der Waals surface area contributed by atoms with E-state index >= 15 is 0 Å². The SMILES string of the molecule is CCCCn1c(=O)c2nnc(C3(C4CC4)CC3)n2c2ncc(COCC[Si](C)(C)C)cc21. The van der Waals surface area contributed by atoms with Crippen molar-refractivity contribution in [3.63, 3.8) is 0 Å². The first-order valence-electron chi connectivity index (χ1n) is 12.2. The van der Waals surface area contributed by atoms with Crippen LogP contribution in [-0.2, 0) is 23.3 Å². The van der Waals surface area contributed by atoms with Crippen LogP contribution in [0.3, 0.4) is 0 Å². The summed E-state index contributed by atoms with van der Waals surface area (Å²) in [5.74, 6) is 1.64. The lowest BCUT2D eigenvalue weighted by Crippen LogP contribution is -2.25. The molecule has 32 heavy (non-hydrogen) atoms. The van der Waals surface area contributed by atoms with Gasteiger partial charge in [-0.2, -0.15) is 0 Å². The van der Waals surface area contributed by atoms with Gasteiger partial charge in [0.15, 0.2) is 5.65 Å². The second-order valence-corrected chi connectivity index (χ2v) is 16.6. The Bertz CT molecular complexity index is 1200. The number of aryl methyl sites for hydroxylation is 1. The van der Waals surface area contributed by atoms with Gasteiger partial charge in [0.05, 0.1) is 12.1 Å². The maximum atomic E-state index is 13.5. The highest BCUT2D eigenvalue weighted by atomic mass is 28.3. The van der Waals surface area contributed by atoms with Gasteiger partial charge in [-0.25, -0.2) is 4.98 Å². The molecule has 2 aliphatic rings. The fourth-order valence-corrected chi connectivity index (χ4v) is 5.56. The maximum Gasteiger partial charge on any atom is 0.296 e. The third-order valence-electron chi connectivity index (χ3n) is 7.10. The van der Waals surface area contributed by atoms with Crippen LogP contribution in [0.1, 0.15) is 56.8 Å². The van der Waals surface area contributed by atoms with E-state index in [-0.39, 0.29) is 11.0 Å². The minimum atomic E-state index is -1.12. The molecule has 7 nitrogen and oxygen atoms in total. The summed E-state index contributed by atoms with van der Waals surface area (Å²) in [5.41, 5.74) is 3.14. The van der Waals surface area contributed by atoms with Gasteiger partial charge < -0.3 is 9.30 Å². The summed E-state index contributed by atoms with van der Waals surface area (Å²) in [6, 6.07) is 3.23. The van der Waals surface area contributed by atoms with Crippen LogP contribution in [0, 0.1) is 5.92 Å². The molecule has 0 bridgehead atoms. The zero-order valence-corrected chi connectivity index (χ0v) is 20.9. The summed E-state index contributed by atoms with van der Waals surface area (Å²) >= 11 is 0. The van der Waals surface area contributed by atoms with Crippen molar-refractivity contribution in [3.8, 4) is 0 Å². The summed E-state index contributed by atoms with van der Waals surface area (Å²) < 4.78 is 9.79. The summed E-state index contributed by atoms with van der Waals surface area (Å²) in [7, 11) is -1.12. The monoisotopic (exact) mass is 453 g/mol. The van der Waals surface area contributed by atoms with Gasteiger partial charge in [0.25, 0.3) is 5.56 Å². The van der Waals surface area contributed by atoms with Gasteiger partial charge >= 0.3 is 0 Å². The Morgan fingerprint density at radius 1 is 1.19 bits per heavy atom. The van der Waals surface area contributed by atoms with Gasteiger partial charge in [-0.3, -0.25) is 9.20 Å². The molecule has 0 aliphatic heterocycles.